The number of carbonyl (C=O) groups excluding carboxylic acids is 2. The second kappa shape index (κ2) is 7.30. The van der Waals surface area contributed by atoms with Gasteiger partial charge in [0, 0.05) is 0 Å². The van der Waals surface area contributed by atoms with Gasteiger partial charge in [-0.05, 0) is 53.2 Å². The lowest BCUT2D eigenvalue weighted by Crippen LogP contribution is -2.27. The molecule has 8 heteroatoms. The van der Waals surface area contributed by atoms with Crippen LogP contribution in [0.2, 0.25) is 15.1 Å². The van der Waals surface area contributed by atoms with Crippen LogP contribution in [0.3, 0.4) is 0 Å². The summed E-state index contributed by atoms with van der Waals surface area (Å²) in [6.07, 6.45) is 1.56. The Kier molecular flexibility index (Phi) is 5.29. The normalized spacial score (nSPS) is 16.1. The first kappa shape index (κ1) is 18.1. The molecule has 1 aliphatic rings. The Bertz CT molecular complexity index is 914. The number of nitrogens with zero attached hydrogens (tertiary/aromatic N) is 1. The smallest absolute Gasteiger partial charge is 0.293 e. The number of aromatic hydroxyl groups is 1. The highest BCUT2D eigenvalue weighted by Gasteiger charge is 2.35. The number of phenolic OH excluding ortho intramolecular Hbond substituents is 1. The lowest BCUT2D eigenvalue weighted by Gasteiger charge is -2.12. The first-order chi connectivity index (χ1) is 11.8. The van der Waals surface area contributed by atoms with Crippen molar-refractivity contribution in [2.24, 2.45) is 0 Å². The molecule has 2 aromatic rings. The van der Waals surface area contributed by atoms with E-state index in [1.807, 2.05) is 0 Å². The van der Waals surface area contributed by atoms with Crippen LogP contribution < -0.4 is 0 Å². The summed E-state index contributed by atoms with van der Waals surface area (Å²) in [5, 5.41) is 10.0. The zero-order valence-corrected chi connectivity index (χ0v) is 15.6. The summed E-state index contributed by atoms with van der Waals surface area (Å²) in [5.41, 5.74) is 1.31. The Balaban J connectivity index is 1.83. The minimum Gasteiger partial charge on any atom is -0.506 e. The number of amides is 2. The molecule has 0 bridgehead atoms. The van der Waals surface area contributed by atoms with E-state index >= 15 is 0 Å². The van der Waals surface area contributed by atoms with Gasteiger partial charge in [0.2, 0.25) is 0 Å². The van der Waals surface area contributed by atoms with Crippen LogP contribution in [0, 0.1) is 0 Å². The zero-order chi connectivity index (χ0) is 18.1. The third-order valence-corrected chi connectivity index (χ3v) is 5.42. The SMILES string of the molecule is O=C1S/C(=C\c2ccc(O)c(Cl)c2)C(=O)N1Cc1ccc(Cl)c(Cl)c1. The van der Waals surface area contributed by atoms with Gasteiger partial charge in [0.15, 0.2) is 0 Å². The predicted molar refractivity (Wildman–Crippen MR) is 101 cm³/mol. The van der Waals surface area contributed by atoms with E-state index in [4.69, 9.17) is 34.8 Å². The lowest BCUT2D eigenvalue weighted by molar-refractivity contribution is -0.123. The zero-order valence-electron chi connectivity index (χ0n) is 12.5. The average molecular weight is 415 g/mol. The van der Waals surface area contributed by atoms with Crippen LogP contribution in [0.15, 0.2) is 41.3 Å². The molecule has 2 aromatic carbocycles. The number of imide groups is 1. The maximum absolute atomic E-state index is 12.5. The number of thioether (sulfide) groups is 1. The van der Waals surface area contributed by atoms with Crippen LogP contribution in [0.4, 0.5) is 4.79 Å². The van der Waals surface area contributed by atoms with Gasteiger partial charge in [-0.1, -0.05) is 46.9 Å². The molecule has 0 radical (unpaired) electrons. The van der Waals surface area contributed by atoms with Crippen molar-refractivity contribution in [3.8, 4) is 5.75 Å². The van der Waals surface area contributed by atoms with E-state index in [9.17, 15) is 14.7 Å². The molecule has 0 spiro atoms. The number of halogens is 3. The second-order valence-electron chi connectivity index (χ2n) is 5.23. The summed E-state index contributed by atoms with van der Waals surface area (Å²) in [4.78, 5) is 26.1. The molecule has 1 N–H and O–H groups in total. The van der Waals surface area contributed by atoms with E-state index in [1.165, 1.54) is 12.1 Å². The van der Waals surface area contributed by atoms with Crippen LogP contribution in [0.5, 0.6) is 5.75 Å². The van der Waals surface area contributed by atoms with E-state index in [1.54, 1.807) is 30.3 Å². The molecular formula is C17H10Cl3NO3S. The highest BCUT2D eigenvalue weighted by atomic mass is 35.5. The highest BCUT2D eigenvalue weighted by Crippen LogP contribution is 2.35. The summed E-state index contributed by atoms with van der Waals surface area (Å²) in [7, 11) is 0. The van der Waals surface area contributed by atoms with E-state index in [0.29, 0.717) is 21.2 Å². The standard InChI is InChI=1S/C17H10Cl3NO3S/c18-11-3-1-10(6-12(11)19)8-21-16(23)15(25-17(21)24)7-9-2-4-14(22)13(20)5-9/h1-7,22H,8H2/b15-7-. The minimum atomic E-state index is -0.398. The summed E-state index contributed by atoms with van der Waals surface area (Å²) in [6.45, 7) is 0.106. The molecule has 128 valence electrons. The van der Waals surface area contributed by atoms with Gasteiger partial charge in [0.1, 0.15) is 5.75 Å². The van der Waals surface area contributed by atoms with Crippen LogP contribution >= 0.6 is 46.6 Å². The molecule has 1 fully saturated rings. The fraction of sp³-hybridized carbons (Fsp3) is 0.0588. The third-order valence-electron chi connectivity index (χ3n) is 3.47. The molecule has 1 aliphatic heterocycles. The van der Waals surface area contributed by atoms with Gasteiger partial charge in [-0.2, -0.15) is 0 Å². The summed E-state index contributed by atoms with van der Waals surface area (Å²) in [5.74, 6) is -0.447. The molecular weight excluding hydrogens is 405 g/mol. The number of benzene rings is 2. The van der Waals surface area contributed by atoms with Crippen molar-refractivity contribution < 1.29 is 14.7 Å². The molecule has 4 nitrogen and oxygen atoms in total. The quantitative estimate of drug-likeness (QED) is 0.665. The van der Waals surface area contributed by atoms with E-state index in [2.05, 4.69) is 0 Å². The Morgan fingerprint density at radius 1 is 1.00 bits per heavy atom. The lowest BCUT2D eigenvalue weighted by atomic mass is 10.2. The molecule has 0 aliphatic carbocycles. The largest absolute Gasteiger partial charge is 0.506 e. The number of hydrogen-bond donors (Lipinski definition) is 1. The monoisotopic (exact) mass is 413 g/mol. The Labute approximate surface area is 163 Å². The van der Waals surface area contributed by atoms with Crippen LogP contribution in [-0.2, 0) is 11.3 Å². The Hall–Kier alpha value is -1.66. The second-order valence-corrected chi connectivity index (χ2v) is 7.44. The third kappa shape index (κ3) is 3.96. The molecule has 0 aromatic heterocycles. The Morgan fingerprint density at radius 2 is 1.76 bits per heavy atom. The van der Waals surface area contributed by atoms with Crippen molar-refractivity contribution >= 4 is 63.8 Å². The van der Waals surface area contributed by atoms with Gasteiger partial charge in [-0.25, -0.2) is 0 Å². The first-order valence-electron chi connectivity index (χ1n) is 7.03. The topological polar surface area (TPSA) is 57.6 Å². The fourth-order valence-electron chi connectivity index (χ4n) is 2.22. The molecule has 2 amide bonds. The van der Waals surface area contributed by atoms with Crippen LogP contribution in [0.25, 0.3) is 6.08 Å². The number of phenols is 1. The van der Waals surface area contributed by atoms with Crippen molar-refractivity contribution in [1.29, 1.82) is 0 Å². The van der Waals surface area contributed by atoms with Gasteiger partial charge in [0.25, 0.3) is 11.1 Å². The van der Waals surface area contributed by atoms with Crippen LogP contribution in [0.1, 0.15) is 11.1 Å². The minimum absolute atomic E-state index is 0.0495. The van der Waals surface area contributed by atoms with Crippen molar-refractivity contribution in [1.82, 2.24) is 4.90 Å². The molecule has 0 unspecified atom stereocenters. The summed E-state index contributed by atoms with van der Waals surface area (Å²) in [6, 6.07) is 9.50. The molecule has 1 heterocycles. The van der Waals surface area contributed by atoms with Gasteiger partial charge >= 0.3 is 0 Å². The maximum Gasteiger partial charge on any atom is 0.293 e. The van der Waals surface area contributed by atoms with Crippen molar-refractivity contribution in [2.75, 3.05) is 0 Å². The molecule has 0 atom stereocenters. The van der Waals surface area contributed by atoms with Gasteiger partial charge < -0.3 is 5.11 Å². The van der Waals surface area contributed by atoms with E-state index in [0.717, 1.165) is 16.7 Å². The Morgan fingerprint density at radius 3 is 2.44 bits per heavy atom. The molecule has 25 heavy (non-hydrogen) atoms. The predicted octanol–water partition coefficient (Wildman–Crippen LogP) is 5.59. The molecule has 0 saturated carbocycles. The fourth-order valence-corrected chi connectivity index (χ4v) is 3.57. The first-order valence-corrected chi connectivity index (χ1v) is 8.98. The summed E-state index contributed by atoms with van der Waals surface area (Å²) >= 11 is 18.5. The highest BCUT2D eigenvalue weighted by molar-refractivity contribution is 8.18. The summed E-state index contributed by atoms with van der Waals surface area (Å²) < 4.78 is 0. The van der Waals surface area contributed by atoms with E-state index < -0.39 is 5.91 Å². The van der Waals surface area contributed by atoms with Gasteiger partial charge in [0.05, 0.1) is 26.5 Å². The van der Waals surface area contributed by atoms with Gasteiger partial charge in [-0.15, -0.1) is 0 Å². The van der Waals surface area contributed by atoms with Crippen LogP contribution in [-0.4, -0.2) is 21.2 Å². The number of rotatable bonds is 3. The van der Waals surface area contributed by atoms with E-state index in [-0.39, 0.29) is 27.5 Å². The van der Waals surface area contributed by atoms with Gasteiger partial charge in [-0.3, -0.25) is 14.5 Å². The number of carbonyl (C=O) groups is 2. The van der Waals surface area contributed by atoms with Crippen molar-refractivity contribution in [3.63, 3.8) is 0 Å². The molecule has 1 saturated heterocycles. The number of hydrogen-bond acceptors (Lipinski definition) is 4. The van der Waals surface area contributed by atoms with Crippen molar-refractivity contribution in [2.45, 2.75) is 6.54 Å². The average Bonchev–Trinajstić information content (AvgIpc) is 2.82. The molecule has 3 rings (SSSR count). The maximum atomic E-state index is 12.5. The van der Waals surface area contributed by atoms with Crippen molar-refractivity contribution in [3.05, 3.63) is 67.5 Å².